The molecule has 0 aliphatic carbocycles. The summed E-state index contributed by atoms with van der Waals surface area (Å²) < 4.78 is 0. The van der Waals surface area contributed by atoms with E-state index in [2.05, 4.69) is 19.1 Å². The molecule has 0 atom stereocenters. The molecule has 1 amide bonds. The maximum atomic E-state index is 13.3. The topological polar surface area (TPSA) is 32.7 Å². The Hall–Kier alpha value is -3.46. The van der Waals surface area contributed by atoms with Crippen LogP contribution in [-0.4, -0.2) is 11.7 Å². The minimum atomic E-state index is -0.103. The molecule has 0 saturated heterocycles. The van der Waals surface area contributed by atoms with Gasteiger partial charge < -0.3 is 0 Å². The highest BCUT2D eigenvalue weighted by Crippen LogP contribution is 2.28. The molecule has 1 aliphatic rings. The number of amidine groups is 1. The van der Waals surface area contributed by atoms with Crippen LogP contribution in [0.15, 0.2) is 95.6 Å². The first-order valence-corrected chi connectivity index (χ1v) is 10.1. The summed E-state index contributed by atoms with van der Waals surface area (Å²) in [5.41, 5.74) is 4.47. The number of carbonyl (C=O) groups is 1. The van der Waals surface area contributed by atoms with E-state index in [1.807, 2.05) is 78.9 Å². The van der Waals surface area contributed by atoms with E-state index in [-0.39, 0.29) is 5.91 Å². The van der Waals surface area contributed by atoms with Crippen molar-refractivity contribution in [1.82, 2.24) is 0 Å². The van der Waals surface area contributed by atoms with Gasteiger partial charge in [-0.05, 0) is 42.2 Å². The second-order valence-corrected chi connectivity index (χ2v) is 7.15. The third-order valence-electron chi connectivity index (χ3n) is 5.01. The van der Waals surface area contributed by atoms with Gasteiger partial charge in [-0.2, -0.15) is 0 Å². The van der Waals surface area contributed by atoms with Crippen LogP contribution in [0.1, 0.15) is 36.5 Å². The molecule has 0 fully saturated rings. The summed E-state index contributed by atoms with van der Waals surface area (Å²) >= 11 is 0. The Morgan fingerprint density at radius 1 is 0.862 bits per heavy atom. The van der Waals surface area contributed by atoms with Crippen LogP contribution in [0.5, 0.6) is 0 Å². The normalized spacial score (nSPS) is 15.1. The minimum absolute atomic E-state index is 0.103. The molecule has 1 heterocycles. The second-order valence-electron chi connectivity index (χ2n) is 7.15. The van der Waals surface area contributed by atoms with Crippen molar-refractivity contribution in [3.8, 4) is 0 Å². The monoisotopic (exact) mass is 380 g/mol. The highest BCUT2D eigenvalue weighted by molar-refractivity contribution is 6.33. The zero-order valence-corrected chi connectivity index (χ0v) is 16.6. The number of benzene rings is 3. The first-order chi connectivity index (χ1) is 14.3. The highest BCUT2D eigenvalue weighted by Gasteiger charge is 2.32. The molecule has 4 rings (SSSR count). The van der Waals surface area contributed by atoms with Crippen LogP contribution < -0.4 is 4.90 Å². The Morgan fingerprint density at radius 3 is 2.17 bits per heavy atom. The molecule has 0 spiro atoms. The molecule has 3 heteroatoms. The maximum Gasteiger partial charge on any atom is 0.282 e. The highest BCUT2D eigenvalue weighted by atomic mass is 16.2. The van der Waals surface area contributed by atoms with E-state index >= 15 is 0 Å². The quantitative estimate of drug-likeness (QED) is 0.493. The lowest BCUT2D eigenvalue weighted by atomic mass is 10.1. The standard InChI is InChI=1S/C26H24N2O/c1-2-3-10-20-15-17-23(18-16-20)28-25(22-13-8-5-9-14-22)27-24(26(28)29)19-21-11-6-4-7-12-21/h4-9,11-19H,2-3,10H2,1H3. The summed E-state index contributed by atoms with van der Waals surface area (Å²) in [4.78, 5) is 19.7. The van der Waals surface area contributed by atoms with Gasteiger partial charge in [0.2, 0.25) is 0 Å². The van der Waals surface area contributed by atoms with Crippen molar-refractivity contribution < 1.29 is 4.79 Å². The molecule has 144 valence electrons. The number of amides is 1. The summed E-state index contributed by atoms with van der Waals surface area (Å²) in [6, 6.07) is 28.0. The fourth-order valence-electron chi connectivity index (χ4n) is 3.44. The molecule has 29 heavy (non-hydrogen) atoms. The number of hydrogen-bond acceptors (Lipinski definition) is 2. The minimum Gasteiger partial charge on any atom is -0.266 e. The third-order valence-corrected chi connectivity index (χ3v) is 5.01. The fraction of sp³-hybridized carbons (Fsp3) is 0.154. The molecule has 1 aliphatic heterocycles. The van der Waals surface area contributed by atoms with Gasteiger partial charge in [0.05, 0.1) is 5.69 Å². The van der Waals surface area contributed by atoms with Gasteiger partial charge in [0.1, 0.15) is 11.5 Å². The van der Waals surface area contributed by atoms with Gasteiger partial charge in [0.25, 0.3) is 5.91 Å². The Labute approximate surface area is 172 Å². The molecule has 0 bridgehead atoms. The number of rotatable bonds is 6. The van der Waals surface area contributed by atoms with Gasteiger partial charge in [-0.1, -0.05) is 86.1 Å². The van der Waals surface area contributed by atoms with E-state index in [0.717, 1.165) is 23.2 Å². The Kier molecular flexibility index (Phi) is 5.66. The second kappa shape index (κ2) is 8.70. The summed E-state index contributed by atoms with van der Waals surface area (Å²) in [5.74, 6) is 0.563. The van der Waals surface area contributed by atoms with Crippen molar-refractivity contribution in [2.24, 2.45) is 4.99 Å². The van der Waals surface area contributed by atoms with Crippen molar-refractivity contribution in [2.45, 2.75) is 26.2 Å². The number of nitrogens with zero attached hydrogens (tertiary/aromatic N) is 2. The lowest BCUT2D eigenvalue weighted by Crippen LogP contribution is -2.32. The predicted molar refractivity (Wildman–Crippen MR) is 120 cm³/mol. The molecule has 0 unspecified atom stereocenters. The Bertz CT molecular complexity index is 1040. The van der Waals surface area contributed by atoms with Crippen molar-refractivity contribution in [3.05, 3.63) is 107 Å². The number of aryl methyl sites for hydroxylation is 1. The Balaban J connectivity index is 1.72. The molecule has 3 aromatic rings. The van der Waals surface area contributed by atoms with Crippen LogP contribution in [0, 0.1) is 0 Å². The first kappa shape index (κ1) is 18.9. The molecule has 3 aromatic carbocycles. The van der Waals surface area contributed by atoms with E-state index in [0.29, 0.717) is 11.5 Å². The van der Waals surface area contributed by atoms with Crippen molar-refractivity contribution in [2.75, 3.05) is 4.90 Å². The van der Waals surface area contributed by atoms with Crippen LogP contribution >= 0.6 is 0 Å². The predicted octanol–water partition coefficient (Wildman–Crippen LogP) is 5.86. The van der Waals surface area contributed by atoms with Crippen LogP contribution in [0.4, 0.5) is 5.69 Å². The van der Waals surface area contributed by atoms with E-state index in [1.54, 1.807) is 4.90 Å². The molecule has 0 saturated carbocycles. The van der Waals surface area contributed by atoms with E-state index in [4.69, 9.17) is 4.99 Å². The van der Waals surface area contributed by atoms with Crippen LogP contribution in [0.3, 0.4) is 0 Å². The largest absolute Gasteiger partial charge is 0.282 e. The van der Waals surface area contributed by atoms with E-state index in [9.17, 15) is 4.79 Å². The fourth-order valence-corrected chi connectivity index (χ4v) is 3.44. The van der Waals surface area contributed by atoms with E-state index in [1.165, 1.54) is 18.4 Å². The molecule has 0 N–H and O–H groups in total. The number of carbonyl (C=O) groups excluding carboxylic acids is 1. The summed E-state index contributed by atoms with van der Waals surface area (Å²) in [5, 5.41) is 0. The molecule has 0 radical (unpaired) electrons. The van der Waals surface area contributed by atoms with Gasteiger partial charge in [0, 0.05) is 5.56 Å². The van der Waals surface area contributed by atoms with Gasteiger partial charge in [-0.15, -0.1) is 0 Å². The van der Waals surface area contributed by atoms with E-state index < -0.39 is 0 Å². The van der Waals surface area contributed by atoms with Crippen molar-refractivity contribution in [1.29, 1.82) is 0 Å². The number of unbranched alkanes of at least 4 members (excludes halogenated alkanes) is 1. The average Bonchev–Trinajstić information content (AvgIpc) is 3.10. The number of hydrogen-bond donors (Lipinski definition) is 0. The summed E-state index contributed by atoms with van der Waals surface area (Å²) in [6.45, 7) is 2.19. The van der Waals surface area contributed by atoms with Crippen molar-refractivity contribution in [3.63, 3.8) is 0 Å². The zero-order chi connectivity index (χ0) is 20.1. The number of aliphatic imine (C=N–C) groups is 1. The van der Waals surface area contributed by atoms with Gasteiger partial charge in [-0.3, -0.25) is 9.69 Å². The molecule has 0 aromatic heterocycles. The van der Waals surface area contributed by atoms with Gasteiger partial charge in [-0.25, -0.2) is 4.99 Å². The molecular weight excluding hydrogens is 356 g/mol. The number of anilines is 1. The maximum absolute atomic E-state index is 13.3. The van der Waals surface area contributed by atoms with Crippen LogP contribution in [-0.2, 0) is 11.2 Å². The zero-order valence-electron chi connectivity index (χ0n) is 16.6. The van der Waals surface area contributed by atoms with Gasteiger partial charge in [0.15, 0.2) is 0 Å². The lowest BCUT2D eigenvalue weighted by Gasteiger charge is -2.19. The van der Waals surface area contributed by atoms with Crippen molar-refractivity contribution >= 4 is 23.5 Å². The molecule has 3 nitrogen and oxygen atoms in total. The smallest absolute Gasteiger partial charge is 0.266 e. The third kappa shape index (κ3) is 4.19. The first-order valence-electron chi connectivity index (χ1n) is 10.1. The Morgan fingerprint density at radius 2 is 1.52 bits per heavy atom. The average molecular weight is 380 g/mol. The van der Waals surface area contributed by atoms with Crippen LogP contribution in [0.2, 0.25) is 0 Å². The summed E-state index contributed by atoms with van der Waals surface area (Å²) in [7, 11) is 0. The molecular formula is C26H24N2O. The van der Waals surface area contributed by atoms with Gasteiger partial charge >= 0.3 is 0 Å². The SMILES string of the molecule is CCCCc1ccc(N2C(=O)C(=Cc3ccccc3)N=C2c2ccccc2)cc1. The summed E-state index contributed by atoms with van der Waals surface area (Å²) in [6.07, 6.45) is 5.25. The van der Waals surface area contributed by atoms with Crippen LogP contribution in [0.25, 0.3) is 6.08 Å². The lowest BCUT2D eigenvalue weighted by molar-refractivity contribution is -0.113.